The molecule has 1 unspecified atom stereocenters. The minimum absolute atomic E-state index is 0.111. The van der Waals surface area contributed by atoms with E-state index in [1.54, 1.807) is 5.01 Å². The molecule has 2 aromatic carbocycles. The van der Waals surface area contributed by atoms with Crippen molar-refractivity contribution >= 4 is 11.6 Å². The number of β-amino-alcohol motifs (C(OH)–C–C–N with tert-alkyl or cyclic N) is 1. The summed E-state index contributed by atoms with van der Waals surface area (Å²) in [5.74, 6) is 2.18. The SMILES string of the molecule is CC.CC.CC1=C(CO)N(CC(O)COc2ccc(C(C)(C)c3ccc(OCCCCl)c(C)c3)cc2)NN1. The summed E-state index contributed by atoms with van der Waals surface area (Å²) in [4.78, 5) is 0. The summed E-state index contributed by atoms with van der Waals surface area (Å²) >= 11 is 5.74. The molecule has 2 aromatic rings. The molecule has 0 aromatic heterocycles. The predicted molar refractivity (Wildman–Crippen MR) is 158 cm³/mol. The molecule has 3 rings (SSSR count). The number of hydrazine groups is 2. The molecule has 1 aliphatic heterocycles. The molecule has 1 atom stereocenters. The van der Waals surface area contributed by atoms with Gasteiger partial charge in [0.05, 0.1) is 25.5 Å². The van der Waals surface area contributed by atoms with Gasteiger partial charge in [0.25, 0.3) is 0 Å². The lowest BCUT2D eigenvalue weighted by Crippen LogP contribution is -2.44. The molecule has 4 N–H and O–H groups in total. The van der Waals surface area contributed by atoms with Crippen molar-refractivity contribution in [3.05, 3.63) is 70.5 Å². The molecule has 214 valence electrons. The monoisotopic (exact) mass is 549 g/mol. The van der Waals surface area contributed by atoms with Gasteiger partial charge in [-0.1, -0.05) is 65.8 Å². The largest absolute Gasteiger partial charge is 0.493 e. The smallest absolute Gasteiger partial charge is 0.122 e. The maximum absolute atomic E-state index is 10.4. The van der Waals surface area contributed by atoms with Crippen LogP contribution in [-0.4, -0.2) is 53.6 Å². The van der Waals surface area contributed by atoms with Crippen LogP contribution < -0.4 is 20.4 Å². The van der Waals surface area contributed by atoms with Gasteiger partial charge in [0, 0.05) is 17.0 Å². The summed E-state index contributed by atoms with van der Waals surface area (Å²) in [5, 5.41) is 21.5. The van der Waals surface area contributed by atoms with Crippen molar-refractivity contribution in [3.8, 4) is 11.5 Å². The number of nitrogens with one attached hydrogen (secondary N) is 2. The average molecular weight is 550 g/mol. The van der Waals surface area contributed by atoms with Crippen LogP contribution in [0.3, 0.4) is 0 Å². The number of aliphatic hydroxyl groups excluding tert-OH is 2. The minimum Gasteiger partial charge on any atom is -0.493 e. The molecule has 0 saturated heterocycles. The van der Waals surface area contributed by atoms with E-state index < -0.39 is 6.10 Å². The maximum Gasteiger partial charge on any atom is 0.122 e. The first-order valence-corrected chi connectivity index (χ1v) is 14.1. The fourth-order valence-corrected chi connectivity index (χ4v) is 3.99. The number of nitrogens with zero attached hydrogens (tertiary/aromatic N) is 1. The molecule has 8 heteroatoms. The predicted octanol–water partition coefficient (Wildman–Crippen LogP) is 5.67. The van der Waals surface area contributed by atoms with Gasteiger partial charge in [-0.2, -0.15) is 0 Å². The first-order chi connectivity index (χ1) is 18.3. The third kappa shape index (κ3) is 9.38. The van der Waals surface area contributed by atoms with Gasteiger partial charge in [0.2, 0.25) is 0 Å². The van der Waals surface area contributed by atoms with Gasteiger partial charge < -0.3 is 25.1 Å². The molecule has 0 amide bonds. The fraction of sp³-hybridized carbons (Fsp3) is 0.533. The van der Waals surface area contributed by atoms with Gasteiger partial charge in [-0.15, -0.1) is 17.1 Å². The Balaban J connectivity index is 0.00000172. The Hall–Kier alpha value is -2.45. The van der Waals surface area contributed by atoms with E-state index in [-0.39, 0.29) is 25.2 Å². The summed E-state index contributed by atoms with van der Waals surface area (Å²) in [6.45, 7) is 17.2. The molecule has 38 heavy (non-hydrogen) atoms. The van der Waals surface area contributed by atoms with Crippen molar-refractivity contribution in [3.63, 3.8) is 0 Å². The molecule has 0 fully saturated rings. The van der Waals surface area contributed by atoms with Gasteiger partial charge in [0.1, 0.15) is 24.2 Å². The number of halogens is 1. The van der Waals surface area contributed by atoms with Crippen molar-refractivity contribution in [1.82, 2.24) is 16.0 Å². The number of aryl methyl sites for hydroxylation is 1. The van der Waals surface area contributed by atoms with Crippen molar-refractivity contribution in [2.45, 2.75) is 73.3 Å². The van der Waals surface area contributed by atoms with Crippen LogP contribution in [0.4, 0.5) is 0 Å². The number of rotatable bonds is 12. The second kappa shape index (κ2) is 17.2. The summed E-state index contributed by atoms with van der Waals surface area (Å²) < 4.78 is 11.6. The summed E-state index contributed by atoms with van der Waals surface area (Å²) in [6.07, 6.45) is 0.0953. The highest BCUT2D eigenvalue weighted by Gasteiger charge is 2.24. The first kappa shape index (κ1) is 33.6. The highest BCUT2D eigenvalue weighted by atomic mass is 35.5. The number of ether oxygens (including phenoxy) is 2. The summed E-state index contributed by atoms with van der Waals surface area (Å²) in [5.41, 5.74) is 10.7. The quantitative estimate of drug-likeness (QED) is 0.200. The molecule has 0 saturated carbocycles. The number of alkyl halides is 1. The third-order valence-electron chi connectivity index (χ3n) is 6.13. The summed E-state index contributed by atoms with van der Waals surface area (Å²) in [6, 6.07) is 14.3. The number of benzene rings is 2. The van der Waals surface area contributed by atoms with Crippen molar-refractivity contribution < 1.29 is 19.7 Å². The van der Waals surface area contributed by atoms with E-state index in [0.717, 1.165) is 29.0 Å². The zero-order valence-corrected chi connectivity index (χ0v) is 25.2. The molecular formula is C30H48ClN3O4. The van der Waals surface area contributed by atoms with E-state index in [0.29, 0.717) is 23.9 Å². The Morgan fingerprint density at radius 1 is 0.974 bits per heavy atom. The number of hydrogen-bond acceptors (Lipinski definition) is 7. The topological polar surface area (TPSA) is 86.2 Å². The van der Waals surface area contributed by atoms with Crippen LogP contribution in [0.15, 0.2) is 53.9 Å². The van der Waals surface area contributed by atoms with Gasteiger partial charge in [0.15, 0.2) is 0 Å². The lowest BCUT2D eigenvalue weighted by Gasteiger charge is -2.27. The average Bonchev–Trinajstić information content (AvgIpc) is 3.29. The second-order valence-electron chi connectivity index (χ2n) is 9.06. The van der Waals surface area contributed by atoms with E-state index in [2.05, 4.69) is 56.0 Å². The Labute approximate surface area is 234 Å². The zero-order valence-electron chi connectivity index (χ0n) is 24.4. The Morgan fingerprint density at radius 2 is 1.61 bits per heavy atom. The van der Waals surface area contributed by atoms with Crippen molar-refractivity contribution in [2.24, 2.45) is 0 Å². The zero-order chi connectivity index (χ0) is 28.7. The Morgan fingerprint density at radius 3 is 2.18 bits per heavy atom. The van der Waals surface area contributed by atoms with Crippen LogP contribution in [0.25, 0.3) is 0 Å². The van der Waals surface area contributed by atoms with Crippen LogP contribution in [0.2, 0.25) is 0 Å². The Bertz CT molecular complexity index is 980. The number of allylic oxidation sites excluding steroid dienone is 1. The first-order valence-electron chi connectivity index (χ1n) is 13.6. The molecule has 7 nitrogen and oxygen atoms in total. The molecule has 0 bridgehead atoms. The van der Waals surface area contributed by atoms with Gasteiger partial charge in [-0.05, 0) is 55.2 Å². The van der Waals surface area contributed by atoms with Crippen molar-refractivity contribution in [1.29, 1.82) is 0 Å². The number of aliphatic hydroxyl groups is 2. The van der Waals surface area contributed by atoms with E-state index in [9.17, 15) is 10.2 Å². The molecular weight excluding hydrogens is 502 g/mol. The van der Waals surface area contributed by atoms with Gasteiger partial charge in [-0.25, -0.2) is 0 Å². The highest BCUT2D eigenvalue weighted by molar-refractivity contribution is 6.17. The minimum atomic E-state index is -0.731. The van der Waals surface area contributed by atoms with E-state index in [1.165, 1.54) is 5.56 Å². The summed E-state index contributed by atoms with van der Waals surface area (Å²) in [7, 11) is 0. The Kier molecular flexibility index (Phi) is 15.2. The molecule has 0 aliphatic carbocycles. The number of hydrogen-bond donors (Lipinski definition) is 4. The fourth-order valence-electron chi connectivity index (χ4n) is 3.88. The van der Waals surface area contributed by atoms with Crippen molar-refractivity contribution in [2.75, 3.05) is 32.2 Å². The van der Waals surface area contributed by atoms with Gasteiger partial charge in [-0.3, -0.25) is 5.01 Å². The van der Waals surface area contributed by atoms with Crippen LogP contribution in [0, 0.1) is 6.92 Å². The van der Waals surface area contributed by atoms with E-state index >= 15 is 0 Å². The molecule has 0 radical (unpaired) electrons. The van der Waals surface area contributed by atoms with E-state index in [1.807, 2.05) is 52.8 Å². The molecule has 0 spiro atoms. The normalized spacial score (nSPS) is 13.6. The lowest BCUT2D eigenvalue weighted by atomic mass is 9.77. The lowest BCUT2D eigenvalue weighted by molar-refractivity contribution is 0.0600. The van der Waals surface area contributed by atoms with Gasteiger partial charge >= 0.3 is 0 Å². The van der Waals surface area contributed by atoms with Crippen LogP contribution in [0.5, 0.6) is 11.5 Å². The van der Waals surface area contributed by atoms with E-state index in [4.69, 9.17) is 21.1 Å². The van der Waals surface area contributed by atoms with Crippen LogP contribution in [0.1, 0.15) is 71.6 Å². The van der Waals surface area contributed by atoms with Crippen LogP contribution >= 0.6 is 11.6 Å². The molecule has 1 aliphatic rings. The molecule has 1 heterocycles. The standard InChI is InChI=1S/C26H36ClN3O4.2C2H6/c1-18-14-21(8-11-25(18)33-13-5-12-27)26(3,4)20-6-9-23(10-7-20)34-17-22(32)15-30-24(16-31)19(2)28-29-30;2*1-2/h6-11,14,22,28-29,31-32H,5,12-13,15-17H2,1-4H3;2*1-2H3. The highest BCUT2D eigenvalue weighted by Crippen LogP contribution is 2.34. The van der Waals surface area contributed by atoms with Crippen LogP contribution in [-0.2, 0) is 5.41 Å². The second-order valence-corrected chi connectivity index (χ2v) is 9.44. The maximum atomic E-state index is 10.4. The third-order valence-corrected chi connectivity index (χ3v) is 6.40.